The van der Waals surface area contributed by atoms with Crippen molar-refractivity contribution < 1.29 is 0 Å². The molecule has 0 bridgehead atoms. The van der Waals surface area contributed by atoms with Gasteiger partial charge in [0.25, 0.3) is 0 Å². The summed E-state index contributed by atoms with van der Waals surface area (Å²) in [5, 5.41) is 9.67. The number of hydrogen-bond donors (Lipinski definition) is 2. The van der Waals surface area contributed by atoms with Gasteiger partial charge in [0, 0.05) is 25.4 Å². The third-order valence-corrected chi connectivity index (χ3v) is 4.10. The predicted octanol–water partition coefficient (Wildman–Crippen LogP) is 2.83. The smallest absolute Gasteiger partial charge is 0.125 e. The topological polar surface area (TPSA) is 66.0 Å². The number of nitrogens with zero attached hydrogens (tertiary/aromatic N) is 2. The zero-order chi connectivity index (χ0) is 13.1. The Morgan fingerprint density at radius 3 is 3.00 bits per heavy atom. The lowest BCUT2D eigenvalue weighted by Crippen LogP contribution is -2.22. The van der Waals surface area contributed by atoms with Crippen LogP contribution in [0.4, 0.5) is 5.69 Å². The van der Waals surface area contributed by atoms with Crippen LogP contribution in [0.25, 0.3) is 0 Å². The maximum atomic E-state index is 7.57. The molecular weight excluding hydrogens is 312 g/mol. The van der Waals surface area contributed by atoms with Gasteiger partial charge in [0.2, 0.25) is 0 Å². The van der Waals surface area contributed by atoms with E-state index in [-0.39, 0.29) is 5.84 Å². The Morgan fingerprint density at radius 2 is 2.39 bits per heavy atom. The first-order chi connectivity index (χ1) is 8.58. The zero-order valence-electron chi connectivity index (χ0n) is 9.85. The number of amidine groups is 1. The fraction of sp³-hybridized carbons (Fsp3) is 0.167. The lowest BCUT2D eigenvalue weighted by atomic mass is 10.2. The summed E-state index contributed by atoms with van der Waals surface area (Å²) in [5.74, 6) is 0.0609. The summed E-state index contributed by atoms with van der Waals surface area (Å²) in [4.78, 5) is 6.14. The molecule has 2 aromatic heterocycles. The van der Waals surface area contributed by atoms with Crippen LogP contribution in [0.5, 0.6) is 0 Å². The number of thiophene rings is 1. The second kappa shape index (κ2) is 5.49. The Balaban J connectivity index is 2.23. The van der Waals surface area contributed by atoms with Crippen LogP contribution in [-0.2, 0) is 6.54 Å². The van der Waals surface area contributed by atoms with E-state index in [2.05, 4.69) is 32.4 Å². The lowest BCUT2D eigenvalue weighted by Gasteiger charge is -2.20. The maximum absolute atomic E-state index is 7.57. The minimum absolute atomic E-state index is 0.0609. The molecule has 0 saturated heterocycles. The first kappa shape index (κ1) is 13.0. The second-order valence-electron chi connectivity index (χ2n) is 3.92. The van der Waals surface area contributed by atoms with Gasteiger partial charge in [-0.3, -0.25) is 10.4 Å². The summed E-state index contributed by atoms with van der Waals surface area (Å²) in [6.45, 7) is 0.758. The number of halogens is 1. The van der Waals surface area contributed by atoms with Crippen molar-refractivity contribution in [2.45, 2.75) is 6.54 Å². The van der Waals surface area contributed by atoms with Crippen molar-refractivity contribution in [2.75, 3.05) is 11.9 Å². The molecule has 0 aliphatic heterocycles. The van der Waals surface area contributed by atoms with Crippen LogP contribution in [0.1, 0.15) is 11.1 Å². The Kier molecular flexibility index (Phi) is 3.98. The minimum Gasteiger partial charge on any atom is -0.384 e. The SMILES string of the molecule is CN(Cc1csc(Br)c1)c1cnccc1C(=N)N. The molecule has 2 aromatic rings. The monoisotopic (exact) mass is 324 g/mol. The van der Waals surface area contributed by atoms with Gasteiger partial charge in [-0.05, 0) is 39.0 Å². The van der Waals surface area contributed by atoms with E-state index < -0.39 is 0 Å². The largest absolute Gasteiger partial charge is 0.384 e. The Hall–Kier alpha value is -1.40. The summed E-state index contributed by atoms with van der Waals surface area (Å²) in [6, 6.07) is 3.85. The molecule has 6 heteroatoms. The molecule has 0 fully saturated rings. The van der Waals surface area contributed by atoms with Gasteiger partial charge in [0.05, 0.1) is 15.7 Å². The lowest BCUT2D eigenvalue weighted by molar-refractivity contribution is 0.919. The Bertz CT molecular complexity index is 567. The maximum Gasteiger partial charge on any atom is 0.125 e. The van der Waals surface area contributed by atoms with Crippen LogP contribution in [0.3, 0.4) is 0 Å². The molecule has 0 aliphatic carbocycles. The highest BCUT2D eigenvalue weighted by atomic mass is 79.9. The number of anilines is 1. The van der Waals surface area contributed by atoms with E-state index in [1.54, 1.807) is 29.8 Å². The van der Waals surface area contributed by atoms with Crippen molar-refractivity contribution in [3.8, 4) is 0 Å². The highest BCUT2D eigenvalue weighted by Gasteiger charge is 2.10. The molecule has 0 aliphatic rings. The van der Waals surface area contributed by atoms with E-state index in [1.165, 1.54) is 5.56 Å². The van der Waals surface area contributed by atoms with E-state index in [4.69, 9.17) is 11.1 Å². The number of nitrogens with two attached hydrogens (primary N) is 1. The average molecular weight is 325 g/mol. The van der Waals surface area contributed by atoms with Crippen molar-refractivity contribution in [3.05, 3.63) is 44.8 Å². The van der Waals surface area contributed by atoms with Crippen LogP contribution in [-0.4, -0.2) is 17.9 Å². The third-order valence-electron chi connectivity index (χ3n) is 2.54. The van der Waals surface area contributed by atoms with E-state index in [0.29, 0.717) is 5.56 Å². The summed E-state index contributed by atoms with van der Waals surface area (Å²) >= 11 is 5.11. The molecular formula is C12H13BrN4S. The van der Waals surface area contributed by atoms with Crippen molar-refractivity contribution in [1.29, 1.82) is 5.41 Å². The number of hydrogen-bond acceptors (Lipinski definition) is 4. The van der Waals surface area contributed by atoms with Crippen LogP contribution in [0, 0.1) is 5.41 Å². The first-order valence-corrected chi connectivity index (χ1v) is 6.97. The van der Waals surface area contributed by atoms with Crippen LogP contribution in [0.15, 0.2) is 33.7 Å². The van der Waals surface area contributed by atoms with Crippen LogP contribution in [0.2, 0.25) is 0 Å². The van der Waals surface area contributed by atoms with Crippen molar-refractivity contribution in [3.63, 3.8) is 0 Å². The molecule has 18 heavy (non-hydrogen) atoms. The van der Waals surface area contributed by atoms with Crippen LogP contribution >= 0.6 is 27.3 Å². The zero-order valence-corrected chi connectivity index (χ0v) is 12.3. The molecule has 0 spiro atoms. The fourth-order valence-corrected chi connectivity index (χ4v) is 2.91. The number of pyridine rings is 1. The predicted molar refractivity (Wildman–Crippen MR) is 79.4 cm³/mol. The standard InChI is InChI=1S/C12H13BrN4S/c1-17(6-8-4-11(13)18-7-8)10-5-16-3-2-9(10)12(14)15/h2-5,7H,6H2,1H3,(H3,14,15). The van der Waals surface area contributed by atoms with Crippen molar-refractivity contribution in [1.82, 2.24) is 4.98 Å². The molecule has 3 N–H and O–H groups in total. The fourth-order valence-electron chi connectivity index (χ4n) is 1.71. The molecule has 2 rings (SSSR count). The van der Waals surface area contributed by atoms with Gasteiger partial charge in [-0.1, -0.05) is 0 Å². The van der Waals surface area contributed by atoms with Gasteiger partial charge < -0.3 is 10.6 Å². The highest BCUT2D eigenvalue weighted by Crippen LogP contribution is 2.24. The molecule has 0 aromatic carbocycles. The number of nitrogens with one attached hydrogen (secondary N) is 1. The molecule has 0 amide bonds. The number of rotatable bonds is 4. The van der Waals surface area contributed by atoms with E-state index in [0.717, 1.165) is 16.0 Å². The summed E-state index contributed by atoms with van der Waals surface area (Å²) in [5.41, 5.74) is 8.37. The molecule has 0 unspecified atom stereocenters. The first-order valence-electron chi connectivity index (χ1n) is 5.30. The third kappa shape index (κ3) is 2.88. The van der Waals surface area contributed by atoms with E-state index >= 15 is 0 Å². The molecule has 4 nitrogen and oxygen atoms in total. The van der Waals surface area contributed by atoms with Gasteiger partial charge in [-0.15, -0.1) is 11.3 Å². The summed E-state index contributed by atoms with van der Waals surface area (Å²) in [7, 11) is 1.97. The number of nitrogen functional groups attached to an aromatic ring is 1. The minimum atomic E-state index is 0.0609. The summed E-state index contributed by atoms with van der Waals surface area (Å²) < 4.78 is 1.11. The average Bonchev–Trinajstić information content (AvgIpc) is 2.74. The Morgan fingerprint density at radius 1 is 1.61 bits per heavy atom. The highest BCUT2D eigenvalue weighted by molar-refractivity contribution is 9.11. The van der Waals surface area contributed by atoms with E-state index in [9.17, 15) is 0 Å². The van der Waals surface area contributed by atoms with Gasteiger partial charge >= 0.3 is 0 Å². The molecule has 0 saturated carbocycles. The molecule has 0 radical (unpaired) electrons. The summed E-state index contributed by atoms with van der Waals surface area (Å²) in [6.07, 6.45) is 3.38. The molecule has 0 atom stereocenters. The quantitative estimate of drug-likeness (QED) is 0.671. The normalized spacial score (nSPS) is 10.3. The Labute approximate surface area is 118 Å². The van der Waals surface area contributed by atoms with Crippen molar-refractivity contribution >= 4 is 38.8 Å². The van der Waals surface area contributed by atoms with Gasteiger partial charge in [-0.25, -0.2) is 0 Å². The van der Waals surface area contributed by atoms with Gasteiger partial charge in [-0.2, -0.15) is 0 Å². The molecule has 94 valence electrons. The number of aromatic nitrogens is 1. The van der Waals surface area contributed by atoms with Crippen LogP contribution < -0.4 is 10.6 Å². The van der Waals surface area contributed by atoms with Gasteiger partial charge in [0.15, 0.2) is 0 Å². The van der Waals surface area contributed by atoms with Crippen molar-refractivity contribution in [2.24, 2.45) is 5.73 Å². The molecule has 2 heterocycles. The second-order valence-corrected chi connectivity index (χ2v) is 6.21. The van der Waals surface area contributed by atoms with E-state index in [1.807, 2.05) is 11.9 Å². The van der Waals surface area contributed by atoms with Gasteiger partial charge in [0.1, 0.15) is 5.84 Å².